The molecule has 4 rings (SSSR count). The molecule has 1 unspecified atom stereocenters. The first-order chi connectivity index (χ1) is 13.8. The third-order valence-electron chi connectivity index (χ3n) is 5.45. The molecule has 0 saturated carbocycles. The van der Waals surface area contributed by atoms with Crippen LogP contribution in [-0.4, -0.2) is 50.3 Å². The summed E-state index contributed by atoms with van der Waals surface area (Å²) in [5.74, 6) is 1.65. The highest BCUT2D eigenvalue weighted by atomic mass is 16.5. The van der Waals surface area contributed by atoms with E-state index in [1.54, 1.807) is 14.2 Å². The maximum Gasteiger partial charge on any atom is 0.127 e. The van der Waals surface area contributed by atoms with E-state index in [1.807, 2.05) is 24.4 Å². The number of ether oxygens (including phenoxy) is 2. The number of methoxy groups -OCH3 is 2. The van der Waals surface area contributed by atoms with Crippen molar-refractivity contribution in [2.45, 2.75) is 12.5 Å². The number of hydrogen-bond acceptors (Lipinski definition) is 5. The zero-order chi connectivity index (χ0) is 19.3. The van der Waals surface area contributed by atoms with Crippen LogP contribution in [0.25, 0.3) is 10.9 Å². The predicted molar refractivity (Wildman–Crippen MR) is 112 cm³/mol. The summed E-state index contributed by atoms with van der Waals surface area (Å²) in [6.45, 7) is 4.05. The van der Waals surface area contributed by atoms with E-state index in [4.69, 9.17) is 9.47 Å². The van der Waals surface area contributed by atoms with Crippen LogP contribution in [0.3, 0.4) is 0 Å². The molecule has 1 atom stereocenters. The van der Waals surface area contributed by atoms with Crippen molar-refractivity contribution < 1.29 is 9.47 Å². The van der Waals surface area contributed by atoms with Gasteiger partial charge in [-0.2, -0.15) is 0 Å². The number of para-hydroxylation sites is 1. The van der Waals surface area contributed by atoms with Gasteiger partial charge in [0.2, 0.25) is 0 Å². The Hall–Kier alpha value is -2.63. The Morgan fingerprint density at radius 2 is 1.86 bits per heavy atom. The molecule has 146 valence electrons. The van der Waals surface area contributed by atoms with Crippen LogP contribution in [0.5, 0.6) is 11.5 Å². The van der Waals surface area contributed by atoms with Crippen LogP contribution < -0.4 is 14.8 Å². The van der Waals surface area contributed by atoms with Crippen molar-refractivity contribution in [1.82, 2.24) is 15.2 Å². The lowest BCUT2D eigenvalue weighted by Gasteiger charge is -2.33. The van der Waals surface area contributed by atoms with E-state index in [-0.39, 0.29) is 6.04 Å². The molecule has 1 fully saturated rings. The van der Waals surface area contributed by atoms with Crippen molar-refractivity contribution in [3.05, 3.63) is 65.9 Å². The Morgan fingerprint density at radius 3 is 2.71 bits per heavy atom. The van der Waals surface area contributed by atoms with Gasteiger partial charge in [0.25, 0.3) is 0 Å². The first kappa shape index (κ1) is 18.7. The first-order valence-electron chi connectivity index (χ1n) is 9.82. The largest absolute Gasteiger partial charge is 0.497 e. The second-order valence-electron chi connectivity index (χ2n) is 7.07. The van der Waals surface area contributed by atoms with Crippen LogP contribution in [0, 0.1) is 0 Å². The summed E-state index contributed by atoms with van der Waals surface area (Å²) < 4.78 is 11.2. The Balaban J connectivity index is 1.89. The minimum Gasteiger partial charge on any atom is -0.497 e. The molecule has 1 aliphatic rings. The Kier molecular flexibility index (Phi) is 5.74. The van der Waals surface area contributed by atoms with E-state index in [0.717, 1.165) is 55.2 Å². The maximum atomic E-state index is 5.79. The lowest BCUT2D eigenvalue weighted by molar-refractivity contribution is 0.237. The van der Waals surface area contributed by atoms with E-state index >= 15 is 0 Å². The molecule has 1 aromatic heterocycles. The minimum atomic E-state index is 0.0913. The highest BCUT2D eigenvalue weighted by Crippen LogP contribution is 2.39. The lowest BCUT2D eigenvalue weighted by Crippen LogP contribution is -2.33. The molecular formula is C23H27N3O2. The molecule has 1 aliphatic heterocycles. The van der Waals surface area contributed by atoms with Crippen LogP contribution in [0.2, 0.25) is 0 Å². The molecule has 5 heteroatoms. The summed E-state index contributed by atoms with van der Waals surface area (Å²) in [6.07, 6.45) is 3.04. The molecule has 0 bridgehead atoms. The summed E-state index contributed by atoms with van der Waals surface area (Å²) >= 11 is 0. The predicted octanol–water partition coefficient (Wildman–Crippen LogP) is 3.64. The average Bonchev–Trinajstić information content (AvgIpc) is 3.04. The van der Waals surface area contributed by atoms with Gasteiger partial charge < -0.3 is 14.8 Å². The van der Waals surface area contributed by atoms with Gasteiger partial charge in [0.1, 0.15) is 11.5 Å². The van der Waals surface area contributed by atoms with Crippen LogP contribution >= 0.6 is 0 Å². The third kappa shape index (κ3) is 3.68. The summed E-state index contributed by atoms with van der Waals surface area (Å²) in [5, 5.41) is 4.70. The normalized spacial score (nSPS) is 16.5. The topological polar surface area (TPSA) is 46.6 Å². The summed E-state index contributed by atoms with van der Waals surface area (Å²) in [7, 11) is 3.41. The van der Waals surface area contributed by atoms with Gasteiger partial charge in [0.05, 0.1) is 25.8 Å². The molecule has 0 radical (unpaired) electrons. The zero-order valence-corrected chi connectivity index (χ0v) is 16.5. The SMILES string of the molecule is COc1ccc(C(c2ccnc3ccccc23)N2CCCNCC2)c(OC)c1. The Morgan fingerprint density at radius 1 is 0.964 bits per heavy atom. The summed E-state index contributed by atoms with van der Waals surface area (Å²) in [6, 6.07) is 16.7. The van der Waals surface area contributed by atoms with Crippen molar-refractivity contribution in [1.29, 1.82) is 0 Å². The maximum absolute atomic E-state index is 5.79. The van der Waals surface area contributed by atoms with Gasteiger partial charge in [-0.1, -0.05) is 18.2 Å². The molecule has 1 N–H and O–H groups in total. The number of rotatable bonds is 5. The lowest BCUT2D eigenvalue weighted by atomic mass is 9.93. The van der Waals surface area contributed by atoms with Gasteiger partial charge in [-0.15, -0.1) is 0 Å². The molecule has 0 amide bonds. The average molecular weight is 377 g/mol. The number of pyridine rings is 1. The number of fused-ring (bicyclic) bond motifs is 1. The summed E-state index contributed by atoms with van der Waals surface area (Å²) in [5.41, 5.74) is 3.43. The Bertz CT molecular complexity index is 931. The first-order valence-corrected chi connectivity index (χ1v) is 9.82. The molecular weight excluding hydrogens is 350 g/mol. The Labute approximate surface area is 166 Å². The second kappa shape index (κ2) is 8.59. The van der Waals surface area contributed by atoms with E-state index < -0.39 is 0 Å². The molecule has 28 heavy (non-hydrogen) atoms. The van der Waals surface area contributed by atoms with E-state index in [1.165, 1.54) is 10.9 Å². The standard InChI is InChI=1S/C23H27N3O2/c1-27-17-8-9-20(22(16-17)28-2)23(26-14-5-11-24-13-15-26)19-10-12-25-21-7-4-3-6-18(19)21/h3-4,6-10,12,16,23-24H,5,11,13-15H2,1-2H3. The van der Waals surface area contributed by atoms with Gasteiger partial charge in [-0.25, -0.2) is 0 Å². The van der Waals surface area contributed by atoms with Crippen molar-refractivity contribution in [2.24, 2.45) is 0 Å². The number of nitrogens with zero attached hydrogens (tertiary/aromatic N) is 2. The van der Waals surface area contributed by atoms with Gasteiger partial charge in [-0.05, 0) is 42.8 Å². The highest BCUT2D eigenvalue weighted by molar-refractivity contribution is 5.83. The molecule has 0 spiro atoms. The van der Waals surface area contributed by atoms with Crippen LogP contribution in [0.1, 0.15) is 23.6 Å². The second-order valence-corrected chi connectivity index (χ2v) is 7.07. The van der Waals surface area contributed by atoms with E-state index in [0.29, 0.717) is 0 Å². The fourth-order valence-electron chi connectivity index (χ4n) is 4.09. The van der Waals surface area contributed by atoms with Gasteiger partial charge in [0, 0.05) is 42.8 Å². The fourth-order valence-corrected chi connectivity index (χ4v) is 4.09. The van der Waals surface area contributed by atoms with Crippen molar-refractivity contribution in [3.63, 3.8) is 0 Å². The minimum absolute atomic E-state index is 0.0913. The molecule has 2 aromatic carbocycles. The highest BCUT2D eigenvalue weighted by Gasteiger charge is 2.27. The van der Waals surface area contributed by atoms with Gasteiger partial charge in [-0.3, -0.25) is 9.88 Å². The number of aromatic nitrogens is 1. The smallest absolute Gasteiger partial charge is 0.127 e. The third-order valence-corrected chi connectivity index (χ3v) is 5.45. The van der Waals surface area contributed by atoms with Gasteiger partial charge >= 0.3 is 0 Å². The van der Waals surface area contributed by atoms with E-state index in [2.05, 4.69) is 45.5 Å². The molecule has 2 heterocycles. The van der Waals surface area contributed by atoms with Gasteiger partial charge in [0.15, 0.2) is 0 Å². The fraction of sp³-hybridized carbons (Fsp3) is 0.348. The monoisotopic (exact) mass is 377 g/mol. The van der Waals surface area contributed by atoms with Crippen molar-refractivity contribution >= 4 is 10.9 Å². The molecule has 1 saturated heterocycles. The number of nitrogens with one attached hydrogen (secondary N) is 1. The van der Waals surface area contributed by atoms with E-state index in [9.17, 15) is 0 Å². The van der Waals surface area contributed by atoms with Crippen LogP contribution in [0.15, 0.2) is 54.7 Å². The summed E-state index contributed by atoms with van der Waals surface area (Å²) in [4.78, 5) is 7.12. The zero-order valence-electron chi connectivity index (χ0n) is 16.5. The quantitative estimate of drug-likeness (QED) is 0.736. The van der Waals surface area contributed by atoms with Crippen LogP contribution in [0.4, 0.5) is 0 Å². The molecule has 3 aromatic rings. The van der Waals surface area contributed by atoms with Crippen molar-refractivity contribution in [2.75, 3.05) is 40.4 Å². The molecule has 0 aliphatic carbocycles. The van der Waals surface area contributed by atoms with Crippen LogP contribution in [-0.2, 0) is 0 Å². The van der Waals surface area contributed by atoms with Crippen molar-refractivity contribution in [3.8, 4) is 11.5 Å². The number of benzene rings is 2. The molecule has 5 nitrogen and oxygen atoms in total. The number of hydrogen-bond donors (Lipinski definition) is 1.